The Morgan fingerprint density at radius 2 is 2.12 bits per heavy atom. The van der Waals surface area contributed by atoms with Gasteiger partial charge in [0.25, 0.3) is 5.56 Å². The maximum atomic E-state index is 13.3. The Morgan fingerprint density at radius 1 is 1.33 bits per heavy atom. The van der Waals surface area contributed by atoms with Crippen LogP contribution in [0.3, 0.4) is 0 Å². The second-order valence-corrected chi connectivity index (χ2v) is 6.03. The van der Waals surface area contributed by atoms with Gasteiger partial charge >= 0.3 is 5.97 Å². The lowest BCUT2D eigenvalue weighted by Crippen LogP contribution is -2.17. The van der Waals surface area contributed by atoms with Crippen molar-refractivity contribution in [3.8, 4) is 0 Å². The second kappa shape index (κ2) is 6.52. The third kappa shape index (κ3) is 3.21. The Hall–Kier alpha value is -2.54. The maximum Gasteiger partial charge on any atom is 0.339 e. The molecule has 0 N–H and O–H groups in total. The molecule has 0 amide bonds. The minimum absolute atomic E-state index is 0.0729. The van der Waals surface area contributed by atoms with Crippen molar-refractivity contribution in [3.63, 3.8) is 0 Å². The highest BCUT2D eigenvalue weighted by atomic mass is 79.9. The van der Waals surface area contributed by atoms with E-state index < -0.39 is 11.8 Å². The van der Waals surface area contributed by atoms with Gasteiger partial charge in [-0.05, 0) is 52.7 Å². The van der Waals surface area contributed by atoms with Crippen molar-refractivity contribution in [1.82, 2.24) is 9.38 Å². The normalized spacial score (nSPS) is 10.8. The number of aromatic nitrogens is 2. The number of aryl methyl sites for hydroxylation is 1. The molecule has 24 heavy (non-hydrogen) atoms. The summed E-state index contributed by atoms with van der Waals surface area (Å²) < 4.78 is 20.3. The van der Waals surface area contributed by atoms with Gasteiger partial charge in [0.15, 0.2) is 0 Å². The zero-order chi connectivity index (χ0) is 17.3. The molecule has 0 fully saturated rings. The third-order valence-corrected chi connectivity index (χ3v) is 4.13. The SMILES string of the molecule is Cc1cccn2c(=O)cc(COC(=O)c3cc(F)ccc3Br)nc12. The molecule has 0 saturated carbocycles. The van der Waals surface area contributed by atoms with Gasteiger partial charge in [0, 0.05) is 16.7 Å². The number of carbonyl (C=O) groups is 1. The van der Waals surface area contributed by atoms with Crippen molar-refractivity contribution in [2.45, 2.75) is 13.5 Å². The predicted octanol–water partition coefficient (Wildman–Crippen LogP) is 3.26. The lowest BCUT2D eigenvalue weighted by atomic mass is 10.2. The largest absolute Gasteiger partial charge is 0.456 e. The number of carbonyl (C=O) groups excluding carboxylic acids is 1. The topological polar surface area (TPSA) is 60.7 Å². The number of esters is 1. The molecule has 0 atom stereocenters. The Labute approximate surface area is 144 Å². The molecular formula is C17H12BrFN2O3. The number of ether oxygens (including phenoxy) is 1. The molecule has 0 aliphatic rings. The Bertz CT molecular complexity index is 1000. The summed E-state index contributed by atoms with van der Waals surface area (Å²) in [4.78, 5) is 28.5. The fraction of sp³-hybridized carbons (Fsp3) is 0.118. The Morgan fingerprint density at radius 3 is 2.92 bits per heavy atom. The molecule has 5 nitrogen and oxygen atoms in total. The lowest BCUT2D eigenvalue weighted by molar-refractivity contribution is 0.0466. The summed E-state index contributed by atoms with van der Waals surface area (Å²) in [5.41, 5.74) is 1.47. The molecule has 2 aromatic heterocycles. The molecule has 0 spiro atoms. The van der Waals surface area contributed by atoms with E-state index in [1.165, 1.54) is 22.6 Å². The summed E-state index contributed by atoms with van der Waals surface area (Å²) in [6.07, 6.45) is 1.62. The number of hydrogen-bond acceptors (Lipinski definition) is 4. The van der Waals surface area contributed by atoms with Crippen LogP contribution in [0.25, 0.3) is 5.65 Å². The summed E-state index contributed by atoms with van der Waals surface area (Å²) >= 11 is 3.17. The van der Waals surface area contributed by atoms with E-state index in [1.807, 2.05) is 13.0 Å². The third-order valence-electron chi connectivity index (χ3n) is 3.44. The van der Waals surface area contributed by atoms with Crippen LogP contribution in [-0.2, 0) is 11.3 Å². The lowest BCUT2D eigenvalue weighted by Gasteiger charge is -2.08. The van der Waals surface area contributed by atoms with Crippen molar-refractivity contribution in [1.29, 1.82) is 0 Å². The summed E-state index contributed by atoms with van der Waals surface area (Å²) in [7, 11) is 0. The summed E-state index contributed by atoms with van der Waals surface area (Å²) in [6, 6.07) is 8.64. The van der Waals surface area contributed by atoms with E-state index in [9.17, 15) is 14.0 Å². The highest BCUT2D eigenvalue weighted by Gasteiger charge is 2.14. The number of fused-ring (bicyclic) bond motifs is 1. The number of pyridine rings is 1. The van der Waals surface area contributed by atoms with Crippen molar-refractivity contribution in [2.24, 2.45) is 0 Å². The van der Waals surface area contributed by atoms with E-state index in [4.69, 9.17) is 4.74 Å². The highest BCUT2D eigenvalue weighted by Crippen LogP contribution is 2.19. The fourth-order valence-corrected chi connectivity index (χ4v) is 2.66. The average Bonchev–Trinajstić information content (AvgIpc) is 2.56. The van der Waals surface area contributed by atoms with Gasteiger partial charge in [0.2, 0.25) is 0 Å². The number of nitrogens with zero attached hydrogens (tertiary/aromatic N) is 2. The molecule has 2 heterocycles. The second-order valence-electron chi connectivity index (χ2n) is 5.17. The molecule has 3 rings (SSSR count). The minimum atomic E-state index is -0.701. The van der Waals surface area contributed by atoms with E-state index in [-0.39, 0.29) is 17.7 Å². The van der Waals surface area contributed by atoms with Gasteiger partial charge in [-0.1, -0.05) is 6.07 Å². The Balaban J connectivity index is 1.86. The van der Waals surface area contributed by atoms with Gasteiger partial charge in [0.1, 0.15) is 18.1 Å². The molecule has 0 unspecified atom stereocenters. The standard InChI is InChI=1S/C17H12BrFN2O3/c1-10-3-2-6-21-15(22)8-12(20-16(10)21)9-24-17(23)13-7-11(19)4-5-14(13)18/h2-8H,9H2,1H3. The van der Waals surface area contributed by atoms with Crippen LogP contribution >= 0.6 is 15.9 Å². The van der Waals surface area contributed by atoms with Crippen molar-refractivity contribution >= 4 is 27.5 Å². The molecule has 0 saturated heterocycles. The van der Waals surface area contributed by atoms with E-state index in [1.54, 1.807) is 12.3 Å². The number of rotatable bonds is 3. The zero-order valence-electron chi connectivity index (χ0n) is 12.6. The van der Waals surface area contributed by atoms with Crippen LogP contribution in [0, 0.1) is 12.7 Å². The van der Waals surface area contributed by atoms with Crippen molar-refractivity contribution in [2.75, 3.05) is 0 Å². The molecule has 7 heteroatoms. The molecule has 1 aromatic carbocycles. The van der Waals surface area contributed by atoms with E-state index >= 15 is 0 Å². The van der Waals surface area contributed by atoms with Crippen LogP contribution in [0.15, 0.2) is 51.9 Å². The zero-order valence-corrected chi connectivity index (χ0v) is 14.2. The van der Waals surface area contributed by atoms with Crippen molar-refractivity contribution < 1.29 is 13.9 Å². The van der Waals surface area contributed by atoms with Crippen LogP contribution in [0.5, 0.6) is 0 Å². The van der Waals surface area contributed by atoms with Crippen LogP contribution in [0.4, 0.5) is 4.39 Å². The highest BCUT2D eigenvalue weighted by molar-refractivity contribution is 9.10. The first-order valence-electron chi connectivity index (χ1n) is 7.06. The van der Waals surface area contributed by atoms with Gasteiger partial charge in [-0.2, -0.15) is 0 Å². The molecule has 0 radical (unpaired) electrons. The van der Waals surface area contributed by atoms with Crippen LogP contribution < -0.4 is 5.56 Å². The molecule has 0 bridgehead atoms. The molecule has 0 aliphatic carbocycles. The average molecular weight is 391 g/mol. The van der Waals surface area contributed by atoms with Gasteiger partial charge in [-0.3, -0.25) is 9.20 Å². The summed E-state index contributed by atoms with van der Waals surface area (Å²) in [6.45, 7) is 1.66. The van der Waals surface area contributed by atoms with Gasteiger partial charge < -0.3 is 4.74 Å². The predicted molar refractivity (Wildman–Crippen MR) is 89.4 cm³/mol. The summed E-state index contributed by atoms with van der Waals surface area (Å²) in [5.74, 6) is -1.24. The van der Waals surface area contributed by atoms with E-state index in [0.29, 0.717) is 15.8 Å². The molecule has 122 valence electrons. The van der Waals surface area contributed by atoms with Crippen LogP contribution in [-0.4, -0.2) is 15.4 Å². The van der Waals surface area contributed by atoms with Gasteiger partial charge in [0.05, 0.1) is 11.3 Å². The monoisotopic (exact) mass is 390 g/mol. The first-order valence-corrected chi connectivity index (χ1v) is 7.85. The van der Waals surface area contributed by atoms with Crippen LogP contribution in [0.2, 0.25) is 0 Å². The van der Waals surface area contributed by atoms with Crippen LogP contribution in [0.1, 0.15) is 21.6 Å². The number of benzene rings is 1. The summed E-state index contributed by atoms with van der Waals surface area (Å²) in [5, 5.41) is 0. The van der Waals surface area contributed by atoms with Gasteiger partial charge in [-0.15, -0.1) is 0 Å². The minimum Gasteiger partial charge on any atom is -0.456 e. The number of hydrogen-bond donors (Lipinski definition) is 0. The molecule has 0 aliphatic heterocycles. The van der Waals surface area contributed by atoms with Gasteiger partial charge in [-0.25, -0.2) is 14.2 Å². The van der Waals surface area contributed by atoms with E-state index in [0.717, 1.165) is 11.6 Å². The number of halogens is 2. The first kappa shape index (κ1) is 16.3. The molecular weight excluding hydrogens is 379 g/mol. The quantitative estimate of drug-likeness (QED) is 0.644. The smallest absolute Gasteiger partial charge is 0.339 e. The van der Waals surface area contributed by atoms with Crippen molar-refractivity contribution in [3.05, 3.63) is 80.1 Å². The molecule has 3 aromatic rings. The van der Waals surface area contributed by atoms with E-state index in [2.05, 4.69) is 20.9 Å². The maximum absolute atomic E-state index is 13.3. The fourth-order valence-electron chi connectivity index (χ4n) is 2.25. The Kier molecular flexibility index (Phi) is 4.44. The first-order chi connectivity index (χ1) is 11.5.